The summed E-state index contributed by atoms with van der Waals surface area (Å²) in [6.45, 7) is 6.01. The normalized spacial score (nSPS) is 20.8. The Morgan fingerprint density at radius 2 is 2.42 bits per heavy atom. The van der Waals surface area contributed by atoms with Crippen molar-refractivity contribution in [2.45, 2.75) is 51.6 Å². The van der Waals surface area contributed by atoms with E-state index >= 15 is 0 Å². The molecule has 19 heavy (non-hydrogen) atoms. The average molecular weight is 263 g/mol. The Hall–Kier alpha value is -1.29. The molecule has 1 saturated heterocycles. The minimum atomic E-state index is 0.416. The van der Waals surface area contributed by atoms with Gasteiger partial charge in [0.25, 0.3) is 0 Å². The maximum atomic E-state index is 5.54. The highest BCUT2D eigenvalue weighted by Crippen LogP contribution is 2.23. The van der Waals surface area contributed by atoms with Gasteiger partial charge >= 0.3 is 0 Å². The third kappa shape index (κ3) is 4.39. The first kappa shape index (κ1) is 14.1. The van der Waals surface area contributed by atoms with Crippen molar-refractivity contribution in [3.63, 3.8) is 0 Å². The van der Waals surface area contributed by atoms with Crippen LogP contribution >= 0.6 is 0 Å². The van der Waals surface area contributed by atoms with E-state index in [2.05, 4.69) is 22.5 Å². The first-order valence-electron chi connectivity index (χ1n) is 7.37. The SMILES string of the molecule is CCOc1ncccc1NC(C)CC1CCCCN1. The molecule has 1 aromatic rings. The number of piperidine rings is 1. The minimum Gasteiger partial charge on any atom is -0.476 e. The highest BCUT2D eigenvalue weighted by atomic mass is 16.5. The fraction of sp³-hybridized carbons (Fsp3) is 0.667. The van der Waals surface area contributed by atoms with Crippen LogP contribution in [0.1, 0.15) is 39.5 Å². The summed E-state index contributed by atoms with van der Waals surface area (Å²) < 4.78 is 5.54. The van der Waals surface area contributed by atoms with Gasteiger partial charge in [0.15, 0.2) is 0 Å². The van der Waals surface area contributed by atoms with E-state index in [1.165, 1.54) is 19.3 Å². The van der Waals surface area contributed by atoms with Crippen LogP contribution in [0.25, 0.3) is 0 Å². The molecule has 0 aliphatic carbocycles. The van der Waals surface area contributed by atoms with E-state index in [9.17, 15) is 0 Å². The summed E-state index contributed by atoms with van der Waals surface area (Å²) in [5.41, 5.74) is 0.993. The number of hydrogen-bond donors (Lipinski definition) is 2. The number of nitrogens with zero attached hydrogens (tertiary/aromatic N) is 1. The van der Waals surface area contributed by atoms with Gasteiger partial charge in [-0.3, -0.25) is 0 Å². The zero-order chi connectivity index (χ0) is 13.5. The van der Waals surface area contributed by atoms with Gasteiger partial charge in [0, 0.05) is 18.3 Å². The standard InChI is InChI=1S/C15H25N3O/c1-3-19-15-14(8-6-10-17-15)18-12(2)11-13-7-4-5-9-16-13/h6,8,10,12-13,16,18H,3-5,7,9,11H2,1-2H3. The number of rotatable bonds is 6. The number of pyridine rings is 1. The van der Waals surface area contributed by atoms with E-state index in [4.69, 9.17) is 4.74 Å². The Kier molecular flexibility index (Phi) is 5.45. The summed E-state index contributed by atoms with van der Waals surface area (Å²) in [6, 6.07) is 5.03. The van der Waals surface area contributed by atoms with Crippen LogP contribution in [-0.4, -0.2) is 30.2 Å². The molecule has 0 aromatic carbocycles. The fourth-order valence-electron chi connectivity index (χ4n) is 2.63. The summed E-state index contributed by atoms with van der Waals surface area (Å²) >= 11 is 0. The van der Waals surface area contributed by atoms with Crippen LogP contribution in [0.3, 0.4) is 0 Å². The predicted molar refractivity (Wildman–Crippen MR) is 78.7 cm³/mol. The molecule has 1 aliphatic heterocycles. The van der Waals surface area contributed by atoms with Gasteiger partial charge in [-0.1, -0.05) is 6.42 Å². The van der Waals surface area contributed by atoms with Crippen molar-refractivity contribution in [1.82, 2.24) is 10.3 Å². The summed E-state index contributed by atoms with van der Waals surface area (Å²) in [6.07, 6.45) is 6.86. The van der Waals surface area contributed by atoms with Crippen LogP contribution in [0.2, 0.25) is 0 Å². The quantitative estimate of drug-likeness (QED) is 0.828. The molecular formula is C15H25N3O. The average Bonchev–Trinajstić information content (AvgIpc) is 2.42. The molecule has 4 heteroatoms. The van der Waals surface area contributed by atoms with Crippen molar-refractivity contribution in [2.75, 3.05) is 18.5 Å². The van der Waals surface area contributed by atoms with Crippen LogP contribution in [-0.2, 0) is 0 Å². The molecule has 0 spiro atoms. The first-order valence-corrected chi connectivity index (χ1v) is 7.37. The van der Waals surface area contributed by atoms with E-state index in [-0.39, 0.29) is 0 Å². The topological polar surface area (TPSA) is 46.2 Å². The van der Waals surface area contributed by atoms with Crippen molar-refractivity contribution in [1.29, 1.82) is 0 Å². The van der Waals surface area contributed by atoms with Crippen molar-refractivity contribution < 1.29 is 4.74 Å². The largest absolute Gasteiger partial charge is 0.476 e. The second-order valence-electron chi connectivity index (χ2n) is 5.22. The lowest BCUT2D eigenvalue weighted by Crippen LogP contribution is -2.37. The van der Waals surface area contributed by atoms with Gasteiger partial charge in [0.1, 0.15) is 0 Å². The summed E-state index contributed by atoms with van der Waals surface area (Å²) in [4.78, 5) is 4.27. The second-order valence-corrected chi connectivity index (χ2v) is 5.22. The van der Waals surface area contributed by atoms with Gasteiger partial charge in [-0.05, 0) is 51.8 Å². The van der Waals surface area contributed by atoms with Crippen molar-refractivity contribution in [2.24, 2.45) is 0 Å². The summed E-state index contributed by atoms with van der Waals surface area (Å²) in [5.74, 6) is 0.702. The van der Waals surface area contributed by atoms with E-state index in [1.807, 2.05) is 19.1 Å². The smallest absolute Gasteiger partial charge is 0.237 e. The molecule has 4 nitrogen and oxygen atoms in total. The van der Waals surface area contributed by atoms with Crippen LogP contribution in [0, 0.1) is 0 Å². The Balaban J connectivity index is 1.88. The lowest BCUT2D eigenvalue weighted by Gasteiger charge is -2.27. The number of hydrogen-bond acceptors (Lipinski definition) is 4. The van der Waals surface area contributed by atoms with Crippen molar-refractivity contribution in [3.8, 4) is 5.88 Å². The highest BCUT2D eigenvalue weighted by molar-refractivity contribution is 5.52. The van der Waals surface area contributed by atoms with Crippen LogP contribution < -0.4 is 15.4 Å². The monoisotopic (exact) mass is 263 g/mol. The summed E-state index contributed by atoms with van der Waals surface area (Å²) in [5, 5.41) is 7.10. The lowest BCUT2D eigenvalue weighted by molar-refractivity contribution is 0.327. The Labute approximate surface area is 116 Å². The molecule has 1 fully saturated rings. The molecule has 106 valence electrons. The van der Waals surface area contributed by atoms with Gasteiger partial charge in [-0.15, -0.1) is 0 Å². The first-order chi connectivity index (χ1) is 9.29. The Morgan fingerprint density at radius 3 is 3.16 bits per heavy atom. The Morgan fingerprint density at radius 1 is 1.53 bits per heavy atom. The van der Waals surface area contributed by atoms with Crippen LogP contribution in [0.5, 0.6) is 5.88 Å². The van der Waals surface area contributed by atoms with Crippen molar-refractivity contribution >= 4 is 5.69 Å². The minimum absolute atomic E-state index is 0.416. The van der Waals surface area contributed by atoms with E-state index < -0.39 is 0 Å². The molecule has 0 amide bonds. The molecule has 0 radical (unpaired) electrons. The van der Waals surface area contributed by atoms with Crippen LogP contribution in [0.15, 0.2) is 18.3 Å². The molecule has 2 atom stereocenters. The number of nitrogens with one attached hydrogen (secondary N) is 2. The second kappa shape index (κ2) is 7.34. The molecule has 0 bridgehead atoms. The number of anilines is 1. The van der Waals surface area contributed by atoms with Gasteiger partial charge in [0.05, 0.1) is 12.3 Å². The van der Waals surface area contributed by atoms with Crippen LogP contribution in [0.4, 0.5) is 5.69 Å². The van der Waals surface area contributed by atoms with Gasteiger partial charge in [0.2, 0.25) is 5.88 Å². The maximum absolute atomic E-state index is 5.54. The third-order valence-electron chi connectivity index (χ3n) is 3.50. The molecule has 2 unspecified atom stereocenters. The predicted octanol–water partition coefficient (Wildman–Crippen LogP) is 2.81. The zero-order valence-electron chi connectivity index (χ0n) is 12.0. The third-order valence-corrected chi connectivity index (χ3v) is 3.50. The molecular weight excluding hydrogens is 238 g/mol. The molecule has 2 rings (SSSR count). The number of ether oxygens (including phenoxy) is 1. The van der Waals surface area contributed by atoms with E-state index in [0.717, 1.165) is 18.7 Å². The van der Waals surface area contributed by atoms with E-state index in [0.29, 0.717) is 24.6 Å². The van der Waals surface area contributed by atoms with Gasteiger partial charge in [-0.2, -0.15) is 0 Å². The Bertz CT molecular complexity index is 377. The van der Waals surface area contributed by atoms with Gasteiger partial charge < -0.3 is 15.4 Å². The molecule has 2 N–H and O–H groups in total. The fourth-order valence-corrected chi connectivity index (χ4v) is 2.63. The maximum Gasteiger partial charge on any atom is 0.237 e. The molecule has 1 aliphatic rings. The molecule has 2 heterocycles. The molecule has 1 aromatic heterocycles. The summed E-state index contributed by atoms with van der Waals surface area (Å²) in [7, 11) is 0. The number of aromatic nitrogens is 1. The highest BCUT2D eigenvalue weighted by Gasteiger charge is 2.16. The van der Waals surface area contributed by atoms with Gasteiger partial charge in [-0.25, -0.2) is 4.98 Å². The van der Waals surface area contributed by atoms with Crippen molar-refractivity contribution in [3.05, 3.63) is 18.3 Å². The van der Waals surface area contributed by atoms with E-state index in [1.54, 1.807) is 6.20 Å². The lowest BCUT2D eigenvalue weighted by atomic mass is 9.99. The zero-order valence-corrected chi connectivity index (χ0v) is 12.0. The molecule has 0 saturated carbocycles.